The third-order valence-corrected chi connectivity index (χ3v) is 10.7. The fourth-order valence-electron chi connectivity index (χ4n) is 8.41. The molecule has 48 heavy (non-hydrogen) atoms. The number of fused-ring (bicyclic) bond motifs is 11. The molecule has 0 atom stereocenters. The summed E-state index contributed by atoms with van der Waals surface area (Å²) in [6, 6.07) is 63.3. The molecule has 0 radical (unpaired) electrons. The molecule has 0 bridgehead atoms. The van der Waals surface area contributed by atoms with Crippen molar-refractivity contribution in [1.82, 2.24) is 0 Å². The lowest BCUT2D eigenvalue weighted by Gasteiger charge is -2.12. The highest BCUT2D eigenvalue weighted by molar-refractivity contribution is 6.28. The Bertz CT molecular complexity index is 3000. The van der Waals surface area contributed by atoms with Crippen molar-refractivity contribution in [3.05, 3.63) is 170 Å². The molecule has 1 aliphatic rings. The summed E-state index contributed by atoms with van der Waals surface area (Å²) in [6.07, 6.45) is 0. The largest absolute Gasteiger partial charge is 0.0616 e. The van der Waals surface area contributed by atoms with E-state index in [9.17, 15) is 0 Å². The Hall–Kier alpha value is -6.24. The second kappa shape index (κ2) is 9.64. The molecule has 0 heteroatoms. The smallest absolute Gasteiger partial charge is 0.00197 e. The van der Waals surface area contributed by atoms with Crippen LogP contribution in [0.15, 0.2) is 170 Å². The zero-order valence-corrected chi connectivity index (χ0v) is 26.2. The first kappa shape index (κ1) is 25.9. The van der Waals surface area contributed by atoms with Crippen LogP contribution in [0.1, 0.15) is 0 Å². The molecule has 0 aliphatic heterocycles. The molecule has 0 amide bonds. The first-order valence-corrected chi connectivity index (χ1v) is 16.7. The van der Waals surface area contributed by atoms with Gasteiger partial charge in [-0.3, -0.25) is 0 Å². The Morgan fingerprint density at radius 3 is 1.44 bits per heavy atom. The van der Waals surface area contributed by atoms with Crippen LogP contribution in [0.25, 0.3) is 109 Å². The van der Waals surface area contributed by atoms with Gasteiger partial charge in [0.05, 0.1) is 0 Å². The van der Waals surface area contributed by atoms with Crippen LogP contribution >= 0.6 is 0 Å². The summed E-state index contributed by atoms with van der Waals surface area (Å²) >= 11 is 0. The molecular formula is C48H28. The van der Waals surface area contributed by atoms with Crippen LogP contribution in [-0.4, -0.2) is 0 Å². The van der Waals surface area contributed by atoms with E-state index in [1.807, 2.05) is 0 Å². The van der Waals surface area contributed by atoms with E-state index in [4.69, 9.17) is 0 Å². The molecule has 10 aromatic rings. The highest BCUT2D eigenvalue weighted by atomic mass is 14.3. The predicted molar refractivity (Wildman–Crippen MR) is 207 cm³/mol. The van der Waals surface area contributed by atoms with Gasteiger partial charge in [0.1, 0.15) is 0 Å². The van der Waals surface area contributed by atoms with E-state index in [1.54, 1.807) is 0 Å². The maximum absolute atomic E-state index is 2.40. The quantitative estimate of drug-likeness (QED) is 0.172. The van der Waals surface area contributed by atoms with Gasteiger partial charge in [-0.1, -0.05) is 140 Å². The second-order valence-electron chi connectivity index (χ2n) is 13.3. The second-order valence-corrected chi connectivity index (χ2v) is 13.3. The van der Waals surface area contributed by atoms with E-state index in [1.165, 1.54) is 109 Å². The lowest BCUT2D eigenvalue weighted by molar-refractivity contribution is 1.66. The minimum absolute atomic E-state index is 1.24. The maximum atomic E-state index is 2.40. The summed E-state index contributed by atoms with van der Waals surface area (Å²) in [5.74, 6) is 0. The van der Waals surface area contributed by atoms with Gasteiger partial charge in [0.15, 0.2) is 0 Å². The Morgan fingerprint density at radius 1 is 0.208 bits per heavy atom. The average Bonchev–Trinajstić information content (AvgIpc) is 3.48. The summed E-state index contributed by atoms with van der Waals surface area (Å²) in [5.41, 5.74) is 10.4. The van der Waals surface area contributed by atoms with Gasteiger partial charge in [0.2, 0.25) is 0 Å². The fourth-order valence-corrected chi connectivity index (χ4v) is 8.41. The van der Waals surface area contributed by atoms with Gasteiger partial charge >= 0.3 is 0 Å². The third-order valence-electron chi connectivity index (χ3n) is 10.7. The van der Waals surface area contributed by atoms with Gasteiger partial charge in [-0.25, -0.2) is 0 Å². The van der Waals surface area contributed by atoms with E-state index in [2.05, 4.69) is 170 Å². The van der Waals surface area contributed by atoms with Crippen LogP contribution < -0.4 is 0 Å². The molecule has 11 rings (SSSR count). The number of rotatable bonds is 2. The molecule has 0 saturated carbocycles. The van der Waals surface area contributed by atoms with Crippen LogP contribution in [0.5, 0.6) is 0 Å². The Morgan fingerprint density at radius 2 is 0.688 bits per heavy atom. The van der Waals surface area contributed by atoms with Gasteiger partial charge in [-0.15, -0.1) is 0 Å². The molecular weight excluding hydrogens is 577 g/mol. The number of hydrogen-bond donors (Lipinski definition) is 0. The molecule has 0 nitrogen and oxygen atoms in total. The maximum Gasteiger partial charge on any atom is -0.00197 e. The van der Waals surface area contributed by atoms with Crippen molar-refractivity contribution >= 4 is 64.6 Å². The first-order chi connectivity index (χ1) is 23.8. The Labute approximate surface area is 278 Å². The standard InChI is InChI=1S/C48H28/c1-2-7-39-29(6-1)12-17-36-26-34(20-22-40(36)39)32-15-13-31-25-33(16-14-30(31)24-32)35-21-23-41-37(27-35)18-19-38-28-46-43-9-4-3-8-42(43)44-10-5-11-45(47(38)41)48(44)46/h1-28H. The highest BCUT2D eigenvalue weighted by Crippen LogP contribution is 2.50. The van der Waals surface area contributed by atoms with E-state index in [-0.39, 0.29) is 0 Å². The van der Waals surface area contributed by atoms with Crippen molar-refractivity contribution < 1.29 is 0 Å². The predicted octanol–water partition coefficient (Wildman–Crippen LogP) is 13.6. The van der Waals surface area contributed by atoms with Gasteiger partial charge in [0.25, 0.3) is 0 Å². The zero-order chi connectivity index (χ0) is 31.3. The average molecular weight is 605 g/mol. The van der Waals surface area contributed by atoms with Gasteiger partial charge in [0, 0.05) is 0 Å². The lowest BCUT2D eigenvalue weighted by Crippen LogP contribution is -1.85. The van der Waals surface area contributed by atoms with E-state index < -0.39 is 0 Å². The Kier molecular flexibility index (Phi) is 5.20. The van der Waals surface area contributed by atoms with Gasteiger partial charge in [-0.05, 0) is 139 Å². The molecule has 0 unspecified atom stereocenters. The van der Waals surface area contributed by atoms with E-state index >= 15 is 0 Å². The van der Waals surface area contributed by atoms with Crippen LogP contribution in [0.4, 0.5) is 0 Å². The van der Waals surface area contributed by atoms with Crippen molar-refractivity contribution in [2.45, 2.75) is 0 Å². The van der Waals surface area contributed by atoms with E-state index in [0.717, 1.165) is 0 Å². The third kappa shape index (κ3) is 3.66. The summed E-state index contributed by atoms with van der Waals surface area (Å²) in [6.45, 7) is 0. The molecule has 0 aromatic heterocycles. The molecule has 0 N–H and O–H groups in total. The summed E-state index contributed by atoms with van der Waals surface area (Å²) in [5, 5.41) is 15.6. The normalized spacial score (nSPS) is 12.2. The molecule has 0 heterocycles. The Balaban J connectivity index is 0.991. The molecule has 220 valence electrons. The summed E-state index contributed by atoms with van der Waals surface area (Å²) in [7, 11) is 0. The van der Waals surface area contributed by atoms with Gasteiger partial charge < -0.3 is 0 Å². The SMILES string of the molecule is c1ccc2c(c1)-c1cccc3c1c-2cc1ccc2cc(-c4ccc5cc(-c6ccc7c(ccc8ccccc87)c6)ccc5c4)ccc2c13. The van der Waals surface area contributed by atoms with Crippen molar-refractivity contribution in [1.29, 1.82) is 0 Å². The summed E-state index contributed by atoms with van der Waals surface area (Å²) < 4.78 is 0. The fraction of sp³-hybridized carbons (Fsp3) is 0. The van der Waals surface area contributed by atoms with Crippen LogP contribution in [0.3, 0.4) is 0 Å². The molecule has 0 spiro atoms. The monoisotopic (exact) mass is 604 g/mol. The molecule has 0 saturated heterocycles. The van der Waals surface area contributed by atoms with E-state index in [0.29, 0.717) is 0 Å². The van der Waals surface area contributed by atoms with Crippen LogP contribution in [0, 0.1) is 0 Å². The summed E-state index contributed by atoms with van der Waals surface area (Å²) in [4.78, 5) is 0. The van der Waals surface area contributed by atoms with Crippen molar-refractivity contribution in [2.75, 3.05) is 0 Å². The van der Waals surface area contributed by atoms with Gasteiger partial charge in [-0.2, -0.15) is 0 Å². The first-order valence-electron chi connectivity index (χ1n) is 16.7. The van der Waals surface area contributed by atoms with Crippen molar-refractivity contribution in [2.24, 2.45) is 0 Å². The van der Waals surface area contributed by atoms with Crippen molar-refractivity contribution in [3.8, 4) is 44.5 Å². The highest BCUT2D eigenvalue weighted by Gasteiger charge is 2.22. The lowest BCUT2D eigenvalue weighted by atomic mass is 9.91. The minimum atomic E-state index is 1.24. The molecule has 10 aromatic carbocycles. The number of benzene rings is 10. The van der Waals surface area contributed by atoms with Crippen LogP contribution in [-0.2, 0) is 0 Å². The van der Waals surface area contributed by atoms with Crippen LogP contribution in [0.2, 0.25) is 0 Å². The van der Waals surface area contributed by atoms with Crippen molar-refractivity contribution in [3.63, 3.8) is 0 Å². The molecule has 0 fully saturated rings. The molecule has 1 aliphatic carbocycles. The minimum Gasteiger partial charge on any atom is -0.0616 e. The number of hydrogen-bond acceptors (Lipinski definition) is 0. The zero-order valence-electron chi connectivity index (χ0n) is 26.2. The topological polar surface area (TPSA) is 0 Å².